The molecule has 0 radical (unpaired) electrons. The number of aromatic nitrogens is 4. The van der Waals surface area contributed by atoms with E-state index in [9.17, 15) is 14.4 Å². The number of hydrogen-bond donors (Lipinski definition) is 3. The standard InChI is InChI=1S/C26H36N6O5/c1-3-36-25(34)23(28-16(2)33)13-18-5-9-21(10-6-18)37-26(35)22-14-20-12-17(4-8-19(20)15-27-22)7-11-24-29-31-32-30-24/h5-6,9-10,17,19-20,22-23,27H,3-4,7-8,11-15H2,1-2H3,(H,28,33)(H,29,30,31,32)/t17-,19+,20-,22+,23+/m1/s1. The number of fused-ring (bicyclic) bond motifs is 1. The number of rotatable bonds is 10. The fourth-order valence-corrected chi connectivity index (χ4v) is 5.52. The van der Waals surface area contributed by atoms with Crippen LogP contribution in [0.4, 0.5) is 0 Å². The van der Waals surface area contributed by atoms with Gasteiger partial charge in [-0.2, -0.15) is 5.21 Å². The molecule has 11 heteroatoms. The fraction of sp³-hybridized carbons (Fsp3) is 0.615. The zero-order valence-electron chi connectivity index (χ0n) is 21.4. The molecule has 1 aliphatic carbocycles. The van der Waals surface area contributed by atoms with E-state index in [0.29, 0.717) is 23.5 Å². The second kappa shape index (κ2) is 12.8. The van der Waals surface area contributed by atoms with Gasteiger partial charge in [-0.1, -0.05) is 23.8 Å². The van der Waals surface area contributed by atoms with Crippen LogP contribution in [-0.2, 0) is 32.0 Å². The van der Waals surface area contributed by atoms with Crippen molar-refractivity contribution in [3.8, 4) is 5.75 Å². The average Bonchev–Trinajstić information content (AvgIpc) is 3.41. The van der Waals surface area contributed by atoms with E-state index in [-0.39, 0.29) is 30.9 Å². The van der Waals surface area contributed by atoms with E-state index in [0.717, 1.165) is 43.6 Å². The van der Waals surface area contributed by atoms with Crippen LogP contribution >= 0.6 is 0 Å². The van der Waals surface area contributed by atoms with Gasteiger partial charge in [0.25, 0.3) is 0 Å². The Balaban J connectivity index is 1.27. The van der Waals surface area contributed by atoms with Gasteiger partial charge < -0.3 is 20.1 Å². The number of ether oxygens (including phenoxy) is 2. The number of aryl methyl sites for hydroxylation is 1. The number of nitrogens with zero attached hydrogens (tertiary/aromatic N) is 3. The largest absolute Gasteiger partial charge is 0.464 e. The third kappa shape index (κ3) is 7.58. The molecule has 1 aliphatic heterocycles. The molecule has 1 aromatic carbocycles. The van der Waals surface area contributed by atoms with Crippen LogP contribution in [0.5, 0.6) is 5.75 Å². The Hall–Kier alpha value is -3.34. The van der Waals surface area contributed by atoms with Gasteiger partial charge in [-0.3, -0.25) is 4.79 Å². The molecule has 2 aromatic rings. The molecule has 0 bridgehead atoms. The predicted octanol–water partition coefficient (Wildman–Crippen LogP) is 1.74. The second-order valence-corrected chi connectivity index (χ2v) is 10.0. The molecule has 2 fully saturated rings. The summed E-state index contributed by atoms with van der Waals surface area (Å²) >= 11 is 0. The molecule has 0 spiro atoms. The first-order valence-electron chi connectivity index (χ1n) is 13.1. The number of esters is 2. The molecule has 1 amide bonds. The van der Waals surface area contributed by atoms with E-state index in [4.69, 9.17) is 9.47 Å². The highest BCUT2D eigenvalue weighted by Crippen LogP contribution is 2.40. The maximum Gasteiger partial charge on any atom is 0.328 e. The normalized spacial score (nSPS) is 23.9. The SMILES string of the molecule is CCOC(=O)[C@H](Cc1ccc(OC(=O)[C@@H]2C[C@H]3C[C@@H](CCc4nn[nH]n4)CC[C@H]3CN2)cc1)NC(C)=O. The highest BCUT2D eigenvalue weighted by Gasteiger charge is 2.38. The number of H-pyrrole nitrogens is 1. The zero-order valence-corrected chi connectivity index (χ0v) is 21.4. The maximum absolute atomic E-state index is 12.9. The third-order valence-electron chi connectivity index (χ3n) is 7.39. The molecule has 1 saturated carbocycles. The third-order valence-corrected chi connectivity index (χ3v) is 7.39. The van der Waals surface area contributed by atoms with E-state index in [1.54, 1.807) is 31.2 Å². The van der Waals surface area contributed by atoms with E-state index in [1.807, 2.05) is 0 Å². The molecule has 1 saturated heterocycles. The Morgan fingerprint density at radius 1 is 1.14 bits per heavy atom. The van der Waals surface area contributed by atoms with Crippen molar-refractivity contribution < 1.29 is 23.9 Å². The topological polar surface area (TPSA) is 148 Å². The number of carbonyl (C=O) groups excluding carboxylic acids is 3. The number of amides is 1. The molecule has 11 nitrogen and oxygen atoms in total. The van der Waals surface area contributed by atoms with Crippen molar-refractivity contribution in [3.63, 3.8) is 0 Å². The average molecular weight is 513 g/mol. The van der Waals surface area contributed by atoms with Gasteiger partial charge in [-0.05, 0) is 74.6 Å². The minimum absolute atomic E-state index is 0.238. The zero-order chi connectivity index (χ0) is 26.2. The molecular weight excluding hydrogens is 476 g/mol. The van der Waals surface area contributed by atoms with Crippen molar-refractivity contribution in [2.75, 3.05) is 13.2 Å². The van der Waals surface area contributed by atoms with E-state index >= 15 is 0 Å². The summed E-state index contributed by atoms with van der Waals surface area (Å²) < 4.78 is 10.7. The minimum atomic E-state index is -0.767. The van der Waals surface area contributed by atoms with Crippen LogP contribution in [0.2, 0.25) is 0 Å². The lowest BCUT2D eigenvalue weighted by atomic mass is 9.69. The van der Waals surface area contributed by atoms with Gasteiger partial charge in [0.05, 0.1) is 6.61 Å². The lowest BCUT2D eigenvalue weighted by molar-refractivity contribution is -0.147. The highest BCUT2D eigenvalue weighted by atomic mass is 16.5. The van der Waals surface area contributed by atoms with Crippen LogP contribution in [0, 0.1) is 17.8 Å². The molecule has 200 valence electrons. The summed E-state index contributed by atoms with van der Waals surface area (Å²) in [6, 6.07) is 5.90. The molecule has 2 heterocycles. The molecule has 2 aliphatic rings. The lowest BCUT2D eigenvalue weighted by Gasteiger charge is -2.42. The smallest absolute Gasteiger partial charge is 0.328 e. The van der Waals surface area contributed by atoms with Crippen molar-refractivity contribution in [3.05, 3.63) is 35.7 Å². The minimum Gasteiger partial charge on any atom is -0.464 e. The first-order chi connectivity index (χ1) is 17.9. The van der Waals surface area contributed by atoms with E-state index < -0.39 is 12.0 Å². The monoisotopic (exact) mass is 512 g/mol. The summed E-state index contributed by atoms with van der Waals surface area (Å²) in [5, 5.41) is 20.2. The Bertz CT molecular complexity index is 1040. The quantitative estimate of drug-likeness (QED) is 0.320. The summed E-state index contributed by atoms with van der Waals surface area (Å²) in [7, 11) is 0. The van der Waals surface area contributed by atoms with Crippen LogP contribution in [0.25, 0.3) is 0 Å². The maximum atomic E-state index is 12.9. The lowest BCUT2D eigenvalue weighted by Crippen LogP contribution is -2.50. The van der Waals surface area contributed by atoms with Gasteiger partial charge in [0.1, 0.15) is 17.8 Å². The van der Waals surface area contributed by atoms with Gasteiger partial charge in [0.15, 0.2) is 5.82 Å². The summed E-state index contributed by atoms with van der Waals surface area (Å²) in [5.74, 6) is 1.86. The number of hydrogen-bond acceptors (Lipinski definition) is 9. The van der Waals surface area contributed by atoms with Crippen LogP contribution in [0.3, 0.4) is 0 Å². The van der Waals surface area contributed by atoms with E-state index in [2.05, 4.69) is 31.3 Å². The number of benzene rings is 1. The van der Waals surface area contributed by atoms with Crippen LogP contribution < -0.4 is 15.4 Å². The second-order valence-electron chi connectivity index (χ2n) is 10.0. The van der Waals surface area contributed by atoms with Crippen molar-refractivity contribution in [2.24, 2.45) is 17.8 Å². The van der Waals surface area contributed by atoms with Gasteiger partial charge in [-0.15, -0.1) is 10.2 Å². The molecule has 4 rings (SSSR count). The van der Waals surface area contributed by atoms with Crippen LogP contribution in [0.15, 0.2) is 24.3 Å². The molecule has 37 heavy (non-hydrogen) atoms. The van der Waals surface area contributed by atoms with Crippen molar-refractivity contribution in [1.29, 1.82) is 0 Å². The molecule has 5 atom stereocenters. The predicted molar refractivity (Wildman–Crippen MR) is 133 cm³/mol. The first kappa shape index (κ1) is 26.7. The molecule has 3 N–H and O–H groups in total. The summed E-state index contributed by atoms with van der Waals surface area (Å²) in [5.41, 5.74) is 0.819. The number of carbonyl (C=O) groups is 3. The number of nitrogens with one attached hydrogen (secondary N) is 3. The van der Waals surface area contributed by atoms with Gasteiger partial charge in [0, 0.05) is 19.8 Å². The summed E-state index contributed by atoms with van der Waals surface area (Å²) in [4.78, 5) is 36.6. The summed E-state index contributed by atoms with van der Waals surface area (Å²) in [6.45, 7) is 4.15. The van der Waals surface area contributed by atoms with Gasteiger partial charge >= 0.3 is 11.9 Å². The molecular formula is C26H36N6O5. The fourth-order valence-electron chi connectivity index (χ4n) is 5.52. The molecule has 1 aromatic heterocycles. The number of aromatic amines is 1. The summed E-state index contributed by atoms with van der Waals surface area (Å²) in [6.07, 6.45) is 6.40. The Morgan fingerprint density at radius 2 is 1.95 bits per heavy atom. The van der Waals surface area contributed by atoms with Crippen LogP contribution in [-0.4, -0.2) is 63.7 Å². The highest BCUT2D eigenvalue weighted by molar-refractivity contribution is 5.83. The Kier molecular flexibility index (Phi) is 9.21. The van der Waals surface area contributed by atoms with Crippen molar-refractivity contribution in [1.82, 2.24) is 31.3 Å². The van der Waals surface area contributed by atoms with Crippen molar-refractivity contribution in [2.45, 2.75) is 70.9 Å². The van der Waals surface area contributed by atoms with E-state index in [1.165, 1.54) is 19.8 Å². The Labute approximate surface area is 216 Å². The first-order valence-corrected chi connectivity index (χ1v) is 13.1. The Morgan fingerprint density at radius 3 is 2.65 bits per heavy atom. The number of tetrazole rings is 1. The van der Waals surface area contributed by atoms with Crippen molar-refractivity contribution >= 4 is 17.8 Å². The van der Waals surface area contributed by atoms with Gasteiger partial charge in [-0.25, -0.2) is 9.59 Å². The van der Waals surface area contributed by atoms with Crippen LogP contribution in [0.1, 0.15) is 57.3 Å². The van der Waals surface area contributed by atoms with Gasteiger partial charge in [0.2, 0.25) is 5.91 Å². The molecule has 0 unspecified atom stereocenters. The number of piperidine rings is 1.